The van der Waals surface area contributed by atoms with Crippen LogP contribution in [0.1, 0.15) is 18.4 Å². The van der Waals surface area contributed by atoms with E-state index >= 15 is 0 Å². The van der Waals surface area contributed by atoms with E-state index in [1.165, 1.54) is 6.07 Å². The molecule has 2 aliphatic carbocycles. The number of anilines is 1. The molecular formula is C14H13FN2. The van der Waals surface area contributed by atoms with Crippen molar-refractivity contribution in [1.29, 1.82) is 5.26 Å². The Morgan fingerprint density at radius 2 is 2.29 bits per heavy atom. The molecule has 3 unspecified atom stereocenters. The van der Waals surface area contributed by atoms with Crippen LogP contribution in [-0.2, 0) is 0 Å². The number of rotatable bonds is 2. The van der Waals surface area contributed by atoms with Crippen LogP contribution in [0.3, 0.4) is 0 Å². The fourth-order valence-corrected chi connectivity index (χ4v) is 2.84. The van der Waals surface area contributed by atoms with E-state index in [1.54, 1.807) is 12.1 Å². The van der Waals surface area contributed by atoms with Gasteiger partial charge in [-0.25, -0.2) is 4.39 Å². The van der Waals surface area contributed by atoms with Gasteiger partial charge in [-0.3, -0.25) is 0 Å². The smallest absolute Gasteiger partial charge is 0.143 e. The molecule has 1 saturated carbocycles. The van der Waals surface area contributed by atoms with Crippen molar-refractivity contribution in [3.8, 4) is 6.07 Å². The van der Waals surface area contributed by atoms with Crippen molar-refractivity contribution in [3.63, 3.8) is 0 Å². The quantitative estimate of drug-likeness (QED) is 0.789. The number of allylic oxidation sites excluding steroid dienone is 1. The summed E-state index contributed by atoms with van der Waals surface area (Å²) in [5.41, 5.74) is 0.745. The summed E-state index contributed by atoms with van der Waals surface area (Å²) < 4.78 is 13.4. The molecule has 0 spiro atoms. The van der Waals surface area contributed by atoms with Crippen LogP contribution in [0.15, 0.2) is 30.4 Å². The standard InChI is InChI=1S/C14H13FN2/c15-12-5-2-6-13(11(12)8-16)17-14-7-9-3-1-4-10(9)14/h1-2,4-6,9-10,14,17H,3,7H2. The highest BCUT2D eigenvalue weighted by atomic mass is 19.1. The average Bonchev–Trinajstić information content (AvgIpc) is 2.68. The number of nitrogens with one attached hydrogen (secondary N) is 1. The van der Waals surface area contributed by atoms with Gasteiger partial charge in [-0.05, 0) is 30.9 Å². The Balaban J connectivity index is 1.80. The molecule has 0 aromatic heterocycles. The molecule has 0 heterocycles. The number of benzene rings is 1. The summed E-state index contributed by atoms with van der Waals surface area (Å²) in [5.74, 6) is 0.867. The third-order valence-electron chi connectivity index (χ3n) is 3.83. The molecule has 1 aromatic carbocycles. The van der Waals surface area contributed by atoms with Crippen LogP contribution in [-0.4, -0.2) is 6.04 Å². The van der Waals surface area contributed by atoms with Gasteiger partial charge in [0.1, 0.15) is 17.4 Å². The van der Waals surface area contributed by atoms with Crippen LogP contribution < -0.4 is 5.32 Å². The molecule has 1 N–H and O–H groups in total. The molecular weight excluding hydrogens is 215 g/mol. The molecule has 3 atom stereocenters. The van der Waals surface area contributed by atoms with Crippen molar-refractivity contribution in [2.75, 3.05) is 5.32 Å². The second-order valence-corrected chi connectivity index (χ2v) is 4.76. The first-order chi connectivity index (χ1) is 8.29. The van der Waals surface area contributed by atoms with Crippen LogP contribution in [0.5, 0.6) is 0 Å². The topological polar surface area (TPSA) is 35.8 Å². The Kier molecular flexibility index (Phi) is 2.36. The Morgan fingerprint density at radius 1 is 1.41 bits per heavy atom. The lowest BCUT2D eigenvalue weighted by atomic mass is 9.71. The molecule has 2 nitrogen and oxygen atoms in total. The first-order valence-corrected chi connectivity index (χ1v) is 5.91. The highest BCUT2D eigenvalue weighted by molar-refractivity contribution is 5.59. The molecule has 0 aliphatic heterocycles. The minimum absolute atomic E-state index is 0.123. The van der Waals surface area contributed by atoms with Gasteiger partial charge in [-0.2, -0.15) is 5.26 Å². The maximum Gasteiger partial charge on any atom is 0.143 e. The first-order valence-electron chi connectivity index (χ1n) is 5.91. The van der Waals surface area contributed by atoms with Gasteiger partial charge in [0.2, 0.25) is 0 Å². The fraction of sp³-hybridized carbons (Fsp3) is 0.357. The Morgan fingerprint density at radius 3 is 3.06 bits per heavy atom. The van der Waals surface area contributed by atoms with Gasteiger partial charge >= 0.3 is 0 Å². The fourth-order valence-electron chi connectivity index (χ4n) is 2.84. The van der Waals surface area contributed by atoms with Gasteiger partial charge in [0.15, 0.2) is 0 Å². The van der Waals surface area contributed by atoms with Crippen molar-refractivity contribution >= 4 is 5.69 Å². The average molecular weight is 228 g/mol. The Hall–Kier alpha value is -1.82. The predicted octanol–water partition coefficient (Wildman–Crippen LogP) is 3.07. The van der Waals surface area contributed by atoms with E-state index in [0.29, 0.717) is 17.6 Å². The monoisotopic (exact) mass is 228 g/mol. The van der Waals surface area contributed by atoms with Gasteiger partial charge in [-0.1, -0.05) is 18.2 Å². The zero-order valence-corrected chi connectivity index (χ0v) is 9.36. The molecule has 3 heteroatoms. The van der Waals surface area contributed by atoms with E-state index in [1.807, 2.05) is 6.07 Å². The molecule has 0 radical (unpaired) electrons. The zero-order chi connectivity index (χ0) is 11.8. The molecule has 0 amide bonds. The molecule has 0 bridgehead atoms. The number of hydrogen-bond donors (Lipinski definition) is 1. The van der Waals surface area contributed by atoms with Gasteiger partial charge in [-0.15, -0.1) is 0 Å². The minimum Gasteiger partial charge on any atom is -0.381 e. The van der Waals surface area contributed by atoms with E-state index in [-0.39, 0.29) is 5.56 Å². The number of nitrogens with zero attached hydrogens (tertiary/aromatic N) is 1. The van der Waals surface area contributed by atoms with Crippen LogP contribution >= 0.6 is 0 Å². The molecule has 17 heavy (non-hydrogen) atoms. The predicted molar refractivity (Wildman–Crippen MR) is 63.9 cm³/mol. The lowest BCUT2D eigenvalue weighted by Crippen LogP contribution is -2.43. The largest absolute Gasteiger partial charge is 0.381 e. The van der Waals surface area contributed by atoms with E-state index in [0.717, 1.165) is 18.8 Å². The molecule has 3 rings (SSSR count). The summed E-state index contributed by atoms with van der Waals surface area (Å²) >= 11 is 0. The van der Waals surface area contributed by atoms with Crippen molar-refractivity contribution in [2.45, 2.75) is 18.9 Å². The summed E-state index contributed by atoms with van der Waals surface area (Å²) in [6.45, 7) is 0. The van der Waals surface area contributed by atoms with Crippen LogP contribution in [0.2, 0.25) is 0 Å². The summed E-state index contributed by atoms with van der Waals surface area (Å²) in [4.78, 5) is 0. The van der Waals surface area contributed by atoms with E-state index in [4.69, 9.17) is 5.26 Å². The Labute approximate surface area is 99.8 Å². The van der Waals surface area contributed by atoms with Crippen molar-refractivity contribution in [3.05, 3.63) is 41.7 Å². The van der Waals surface area contributed by atoms with Crippen LogP contribution in [0.25, 0.3) is 0 Å². The number of nitriles is 1. The van der Waals surface area contributed by atoms with Crippen LogP contribution in [0.4, 0.5) is 10.1 Å². The maximum atomic E-state index is 13.4. The highest BCUT2D eigenvalue weighted by Crippen LogP contribution is 2.44. The summed E-state index contributed by atoms with van der Waals surface area (Å²) in [6.07, 6.45) is 6.72. The lowest BCUT2D eigenvalue weighted by molar-refractivity contribution is 0.218. The SMILES string of the molecule is N#Cc1c(F)cccc1NC1CC2CC=CC21. The van der Waals surface area contributed by atoms with Gasteiger partial charge in [0.05, 0.1) is 5.69 Å². The lowest BCUT2D eigenvalue weighted by Gasteiger charge is -2.41. The number of fused-ring (bicyclic) bond motifs is 1. The second-order valence-electron chi connectivity index (χ2n) is 4.76. The number of halogens is 1. The summed E-state index contributed by atoms with van der Waals surface area (Å²) in [6, 6.07) is 7.01. The van der Waals surface area contributed by atoms with E-state index in [2.05, 4.69) is 17.5 Å². The van der Waals surface area contributed by atoms with Gasteiger partial charge in [0, 0.05) is 12.0 Å². The minimum atomic E-state index is -0.449. The van der Waals surface area contributed by atoms with Gasteiger partial charge < -0.3 is 5.32 Å². The normalized spacial score (nSPS) is 29.3. The Bertz CT molecular complexity index is 515. The zero-order valence-electron chi connectivity index (χ0n) is 9.36. The second kappa shape index (κ2) is 3.89. The first kappa shape index (κ1) is 10.3. The maximum absolute atomic E-state index is 13.4. The molecule has 1 aromatic rings. The van der Waals surface area contributed by atoms with Crippen LogP contribution in [0, 0.1) is 29.0 Å². The molecule has 0 saturated heterocycles. The van der Waals surface area contributed by atoms with Crippen molar-refractivity contribution in [2.24, 2.45) is 11.8 Å². The van der Waals surface area contributed by atoms with Crippen molar-refractivity contribution in [1.82, 2.24) is 0 Å². The molecule has 1 fully saturated rings. The summed E-state index contributed by atoms with van der Waals surface area (Å²) in [5, 5.41) is 12.2. The van der Waals surface area contributed by atoms with Gasteiger partial charge in [0.25, 0.3) is 0 Å². The molecule has 2 aliphatic rings. The van der Waals surface area contributed by atoms with E-state index < -0.39 is 5.82 Å². The highest BCUT2D eigenvalue weighted by Gasteiger charge is 2.41. The van der Waals surface area contributed by atoms with Crippen molar-refractivity contribution < 1.29 is 4.39 Å². The van der Waals surface area contributed by atoms with E-state index in [9.17, 15) is 4.39 Å². The summed E-state index contributed by atoms with van der Waals surface area (Å²) in [7, 11) is 0. The number of hydrogen-bond acceptors (Lipinski definition) is 2. The third kappa shape index (κ3) is 1.61. The third-order valence-corrected chi connectivity index (χ3v) is 3.83. The molecule has 86 valence electrons.